The normalized spacial score (nSPS) is 12.8. The van der Waals surface area contributed by atoms with Gasteiger partial charge in [0.05, 0.1) is 0 Å². The molecule has 1 aromatic rings. The van der Waals surface area contributed by atoms with Crippen LogP contribution in [0.3, 0.4) is 0 Å². The van der Waals surface area contributed by atoms with Gasteiger partial charge in [-0.25, -0.2) is 8.78 Å². The van der Waals surface area contributed by atoms with E-state index in [1.807, 2.05) is 20.8 Å². The number of nitrogens with zero attached hydrogens (tertiary/aromatic N) is 1. The molecule has 0 amide bonds. The number of halogens is 2. The third-order valence-corrected chi connectivity index (χ3v) is 3.08. The van der Waals surface area contributed by atoms with E-state index in [1.165, 1.54) is 6.07 Å². The van der Waals surface area contributed by atoms with Crippen LogP contribution in [0.5, 0.6) is 0 Å². The number of hydrogen-bond acceptors (Lipinski definition) is 2. The van der Waals surface area contributed by atoms with Crippen LogP contribution in [0, 0.1) is 17.6 Å². The van der Waals surface area contributed by atoms with Gasteiger partial charge in [-0.1, -0.05) is 20.8 Å². The fraction of sp³-hybridized carbons (Fsp3) is 0.500. The van der Waals surface area contributed by atoms with Crippen LogP contribution in [0.4, 0.5) is 8.78 Å². The topological polar surface area (TPSA) is 20.3 Å². The van der Waals surface area contributed by atoms with Gasteiger partial charge < -0.3 is 4.90 Å². The van der Waals surface area contributed by atoms with Crippen molar-refractivity contribution in [1.29, 1.82) is 0 Å². The molecule has 0 heterocycles. The largest absolute Gasteiger partial charge is 0.303 e. The zero-order chi connectivity index (χ0) is 13.7. The van der Waals surface area contributed by atoms with Gasteiger partial charge in [0, 0.05) is 18.0 Å². The maximum absolute atomic E-state index is 13.1. The summed E-state index contributed by atoms with van der Waals surface area (Å²) in [6.07, 6.45) is 0. The second kappa shape index (κ2) is 6.59. The van der Waals surface area contributed by atoms with Crippen molar-refractivity contribution in [2.75, 3.05) is 19.6 Å². The third kappa shape index (κ3) is 3.60. The summed E-state index contributed by atoms with van der Waals surface area (Å²) in [5, 5.41) is 0. The van der Waals surface area contributed by atoms with Gasteiger partial charge >= 0.3 is 0 Å². The first-order valence-electron chi connectivity index (χ1n) is 6.21. The van der Waals surface area contributed by atoms with Crippen molar-refractivity contribution < 1.29 is 13.6 Å². The minimum Gasteiger partial charge on any atom is -0.303 e. The number of benzene rings is 1. The molecule has 0 aliphatic rings. The predicted molar refractivity (Wildman–Crippen MR) is 67.6 cm³/mol. The summed E-state index contributed by atoms with van der Waals surface area (Å²) < 4.78 is 25.8. The highest BCUT2D eigenvalue weighted by molar-refractivity contribution is 5.97. The Balaban J connectivity index is 2.76. The van der Waals surface area contributed by atoms with Crippen LogP contribution in [0.25, 0.3) is 0 Å². The number of carbonyl (C=O) groups is 1. The van der Waals surface area contributed by atoms with E-state index >= 15 is 0 Å². The lowest BCUT2D eigenvalue weighted by Crippen LogP contribution is -2.31. The molecule has 0 spiro atoms. The van der Waals surface area contributed by atoms with Crippen molar-refractivity contribution >= 4 is 5.78 Å². The molecule has 0 saturated heterocycles. The predicted octanol–water partition coefficient (Wildman–Crippen LogP) is 3.13. The van der Waals surface area contributed by atoms with Gasteiger partial charge in [0.1, 0.15) is 0 Å². The molecule has 1 atom stereocenters. The second-order valence-electron chi connectivity index (χ2n) is 4.38. The number of carbonyl (C=O) groups excluding carboxylic acids is 1. The molecule has 0 aromatic heterocycles. The monoisotopic (exact) mass is 255 g/mol. The molecule has 0 bridgehead atoms. The van der Waals surface area contributed by atoms with Crippen LogP contribution in [-0.4, -0.2) is 30.3 Å². The van der Waals surface area contributed by atoms with E-state index in [0.717, 1.165) is 25.2 Å². The average Bonchev–Trinajstić information content (AvgIpc) is 2.38. The van der Waals surface area contributed by atoms with Crippen LogP contribution < -0.4 is 0 Å². The standard InChI is InChI=1S/C14H19F2NO/c1-4-17(5-2)9-10(3)14(18)11-6-7-12(15)13(16)8-11/h6-8,10H,4-5,9H2,1-3H3. The zero-order valence-corrected chi connectivity index (χ0v) is 11.0. The summed E-state index contributed by atoms with van der Waals surface area (Å²) in [7, 11) is 0. The Morgan fingerprint density at radius 2 is 1.83 bits per heavy atom. The molecule has 0 aliphatic carbocycles. The highest BCUT2D eigenvalue weighted by Crippen LogP contribution is 2.14. The highest BCUT2D eigenvalue weighted by atomic mass is 19.2. The van der Waals surface area contributed by atoms with Crippen LogP contribution in [-0.2, 0) is 0 Å². The minimum atomic E-state index is -0.976. The van der Waals surface area contributed by atoms with Gasteiger partial charge in [0.15, 0.2) is 17.4 Å². The van der Waals surface area contributed by atoms with Gasteiger partial charge in [0.25, 0.3) is 0 Å². The third-order valence-electron chi connectivity index (χ3n) is 3.08. The molecule has 1 rings (SSSR count). The van der Waals surface area contributed by atoms with Gasteiger partial charge in [-0.2, -0.15) is 0 Å². The van der Waals surface area contributed by atoms with Crippen molar-refractivity contribution in [2.24, 2.45) is 5.92 Å². The minimum absolute atomic E-state index is 0.152. The molecule has 1 aromatic carbocycles. The van der Waals surface area contributed by atoms with Gasteiger partial charge in [0.2, 0.25) is 0 Å². The SMILES string of the molecule is CCN(CC)CC(C)C(=O)c1ccc(F)c(F)c1. The molecule has 0 N–H and O–H groups in total. The fourth-order valence-corrected chi connectivity index (χ4v) is 1.89. The quantitative estimate of drug-likeness (QED) is 0.728. The van der Waals surface area contributed by atoms with Crippen LogP contribution >= 0.6 is 0 Å². The maximum atomic E-state index is 13.1. The molecule has 0 saturated carbocycles. The molecule has 2 nitrogen and oxygen atoms in total. The van der Waals surface area contributed by atoms with Crippen LogP contribution in [0.1, 0.15) is 31.1 Å². The van der Waals surface area contributed by atoms with E-state index in [9.17, 15) is 13.6 Å². The van der Waals surface area contributed by atoms with Gasteiger partial charge in [-0.15, -0.1) is 0 Å². The summed E-state index contributed by atoms with van der Waals surface area (Å²) >= 11 is 0. The lowest BCUT2D eigenvalue weighted by Gasteiger charge is -2.21. The summed E-state index contributed by atoms with van der Waals surface area (Å²) in [4.78, 5) is 14.2. The Bertz CT molecular complexity index is 416. The second-order valence-corrected chi connectivity index (χ2v) is 4.38. The molecule has 0 fully saturated rings. The summed E-state index contributed by atoms with van der Waals surface area (Å²) in [5.74, 6) is -2.28. The first-order chi connectivity index (χ1) is 8.49. The Morgan fingerprint density at radius 3 is 2.33 bits per heavy atom. The van der Waals surface area contributed by atoms with Crippen molar-refractivity contribution in [1.82, 2.24) is 4.90 Å². The lowest BCUT2D eigenvalue weighted by atomic mass is 9.98. The van der Waals surface area contributed by atoms with E-state index in [-0.39, 0.29) is 17.3 Å². The van der Waals surface area contributed by atoms with E-state index in [2.05, 4.69) is 4.90 Å². The molecular formula is C14H19F2NO. The van der Waals surface area contributed by atoms with Crippen LogP contribution in [0.2, 0.25) is 0 Å². The Kier molecular flexibility index (Phi) is 5.41. The van der Waals surface area contributed by atoms with E-state index < -0.39 is 11.6 Å². The first kappa shape index (κ1) is 14.8. The lowest BCUT2D eigenvalue weighted by molar-refractivity contribution is 0.0897. The first-order valence-corrected chi connectivity index (χ1v) is 6.21. The molecule has 0 radical (unpaired) electrons. The highest BCUT2D eigenvalue weighted by Gasteiger charge is 2.18. The van der Waals surface area contributed by atoms with E-state index in [0.29, 0.717) is 6.54 Å². The van der Waals surface area contributed by atoms with E-state index in [1.54, 1.807) is 0 Å². The number of Topliss-reactive ketones (excluding diaryl/α,β-unsaturated/α-hetero) is 1. The zero-order valence-electron chi connectivity index (χ0n) is 11.0. The number of ketones is 1. The van der Waals surface area contributed by atoms with E-state index in [4.69, 9.17) is 0 Å². The van der Waals surface area contributed by atoms with Crippen molar-refractivity contribution in [2.45, 2.75) is 20.8 Å². The van der Waals surface area contributed by atoms with Crippen molar-refractivity contribution in [3.63, 3.8) is 0 Å². The summed E-state index contributed by atoms with van der Waals surface area (Å²) in [6, 6.07) is 3.29. The van der Waals surface area contributed by atoms with Crippen LogP contribution in [0.15, 0.2) is 18.2 Å². The smallest absolute Gasteiger partial charge is 0.167 e. The summed E-state index contributed by atoms with van der Waals surface area (Å²) in [6.45, 7) is 8.22. The van der Waals surface area contributed by atoms with Gasteiger partial charge in [-0.05, 0) is 31.3 Å². The fourth-order valence-electron chi connectivity index (χ4n) is 1.89. The Labute approximate surface area is 107 Å². The van der Waals surface area contributed by atoms with Gasteiger partial charge in [-0.3, -0.25) is 4.79 Å². The number of rotatable bonds is 6. The molecular weight excluding hydrogens is 236 g/mol. The summed E-state index contributed by atoms with van der Waals surface area (Å²) in [5.41, 5.74) is 0.230. The molecule has 100 valence electrons. The average molecular weight is 255 g/mol. The number of hydrogen-bond donors (Lipinski definition) is 0. The maximum Gasteiger partial charge on any atom is 0.167 e. The molecule has 0 aliphatic heterocycles. The molecule has 4 heteroatoms. The Hall–Kier alpha value is -1.29. The van der Waals surface area contributed by atoms with Crippen molar-refractivity contribution in [3.05, 3.63) is 35.4 Å². The molecule has 1 unspecified atom stereocenters. The van der Waals surface area contributed by atoms with Crippen molar-refractivity contribution in [3.8, 4) is 0 Å². The molecule has 18 heavy (non-hydrogen) atoms. The Morgan fingerprint density at radius 1 is 1.22 bits per heavy atom.